The average molecular weight is 833 g/mol. The van der Waals surface area contributed by atoms with Gasteiger partial charge in [0.2, 0.25) is 0 Å². The van der Waals surface area contributed by atoms with E-state index in [2.05, 4.69) is 13.8 Å². The summed E-state index contributed by atoms with van der Waals surface area (Å²) in [6.45, 7) is 4.04. The van der Waals surface area contributed by atoms with Crippen LogP contribution >= 0.6 is 7.82 Å². The number of rotatable bonds is 36. The number of likely N-dealkylation sites (N-methyl/N-ethyl adjacent to an activating group) is 1. The molecule has 4 N–H and O–H groups in total. The summed E-state index contributed by atoms with van der Waals surface area (Å²) in [6.07, 6.45) is 26.0. The summed E-state index contributed by atoms with van der Waals surface area (Å²) in [5.74, 6) is -1.40. The molecule has 0 bridgehead atoms. The Labute approximate surface area is 346 Å². The number of carbonyl (C=O) groups excluding carboxylic acids is 2. The van der Waals surface area contributed by atoms with Crippen molar-refractivity contribution in [2.75, 3.05) is 47.5 Å². The molecule has 57 heavy (non-hydrogen) atoms. The Kier molecular flexibility index (Phi) is 30.1. The minimum atomic E-state index is -4.44. The predicted molar refractivity (Wildman–Crippen MR) is 226 cm³/mol. The van der Waals surface area contributed by atoms with Gasteiger partial charge in [-0.05, 0) is 38.0 Å². The smallest absolute Gasteiger partial charge is 0.462 e. The fraction of sp³-hybridized carbons (Fsp3) is 0.864. The number of phosphoric acid groups is 1. The minimum absolute atomic E-state index is 0.0107. The van der Waals surface area contributed by atoms with Crippen LogP contribution in [0.5, 0.6) is 0 Å². The van der Waals surface area contributed by atoms with Crippen molar-refractivity contribution < 1.29 is 57.4 Å². The zero-order valence-corrected chi connectivity index (χ0v) is 37.3. The second-order valence-corrected chi connectivity index (χ2v) is 18.5. The van der Waals surface area contributed by atoms with Gasteiger partial charge in [0.05, 0.1) is 46.1 Å². The van der Waals surface area contributed by atoms with E-state index in [1.165, 1.54) is 57.8 Å². The Balaban J connectivity index is 2.52. The van der Waals surface area contributed by atoms with Gasteiger partial charge < -0.3 is 34.2 Å². The number of hydrogen-bond acceptors (Lipinski definition) is 10. The van der Waals surface area contributed by atoms with E-state index < -0.39 is 50.8 Å². The number of unbranched alkanes of at least 4 members (excludes halogenated alkanes) is 15. The van der Waals surface area contributed by atoms with Gasteiger partial charge in [-0.3, -0.25) is 18.6 Å². The third-order valence-electron chi connectivity index (χ3n) is 10.6. The molecule has 1 saturated carbocycles. The first-order valence-electron chi connectivity index (χ1n) is 22.3. The number of esters is 2. The van der Waals surface area contributed by atoms with Crippen molar-refractivity contribution in [2.24, 2.45) is 11.8 Å². The zero-order valence-electron chi connectivity index (χ0n) is 36.4. The maximum absolute atomic E-state index is 12.8. The SMILES string of the molecule is CCCCCCCCCCCCCCCC(=O)OC[C@H](COP(=O)(O)OCC[N+](C)(C)C)OC(=O)CCC/C=C\C[C@H]1[C@@H](/C=C/[C@@H](O)CCCCC)[C@H](O)C[C@@H]1O. The van der Waals surface area contributed by atoms with E-state index in [4.69, 9.17) is 18.5 Å². The Morgan fingerprint density at radius 1 is 0.754 bits per heavy atom. The van der Waals surface area contributed by atoms with Crippen molar-refractivity contribution in [2.45, 2.75) is 186 Å². The highest BCUT2D eigenvalue weighted by molar-refractivity contribution is 7.47. The normalized spacial score (nSPS) is 20.9. The van der Waals surface area contributed by atoms with Crippen LogP contribution in [0, 0.1) is 11.8 Å². The highest BCUT2D eigenvalue weighted by atomic mass is 31.2. The Morgan fingerprint density at radius 3 is 1.95 bits per heavy atom. The third-order valence-corrected chi connectivity index (χ3v) is 11.5. The maximum Gasteiger partial charge on any atom is 0.472 e. The fourth-order valence-electron chi connectivity index (χ4n) is 6.95. The number of nitrogens with zero attached hydrogens (tertiary/aromatic N) is 1. The third kappa shape index (κ3) is 29.3. The number of quaternary nitrogens is 1. The molecule has 0 aliphatic heterocycles. The molecule has 0 spiro atoms. The average Bonchev–Trinajstić information content (AvgIpc) is 3.41. The summed E-state index contributed by atoms with van der Waals surface area (Å²) in [7, 11) is 1.33. The van der Waals surface area contributed by atoms with Gasteiger partial charge in [0.15, 0.2) is 6.10 Å². The van der Waals surface area contributed by atoms with Crippen molar-refractivity contribution in [3.63, 3.8) is 0 Å². The summed E-state index contributed by atoms with van der Waals surface area (Å²) >= 11 is 0. The molecule has 0 aromatic rings. The van der Waals surface area contributed by atoms with Gasteiger partial charge in [-0.15, -0.1) is 0 Å². The second kappa shape index (κ2) is 32.2. The van der Waals surface area contributed by atoms with E-state index in [9.17, 15) is 34.4 Å². The molecule has 13 heteroatoms. The van der Waals surface area contributed by atoms with Crippen molar-refractivity contribution in [1.29, 1.82) is 0 Å². The van der Waals surface area contributed by atoms with Gasteiger partial charge in [-0.1, -0.05) is 134 Å². The Bertz CT molecular complexity index is 1140. The van der Waals surface area contributed by atoms with Crippen LogP contribution in [0.1, 0.15) is 162 Å². The summed E-state index contributed by atoms with van der Waals surface area (Å²) in [6, 6.07) is 0. The molecule has 1 aliphatic rings. The van der Waals surface area contributed by atoms with E-state index in [0.717, 1.165) is 38.5 Å². The van der Waals surface area contributed by atoms with Crippen molar-refractivity contribution in [3.05, 3.63) is 24.3 Å². The zero-order chi connectivity index (χ0) is 42.4. The molecule has 334 valence electrons. The molecular weight excluding hydrogens is 749 g/mol. The van der Waals surface area contributed by atoms with E-state index in [0.29, 0.717) is 49.6 Å². The fourth-order valence-corrected chi connectivity index (χ4v) is 7.69. The van der Waals surface area contributed by atoms with Crippen LogP contribution in [0.2, 0.25) is 0 Å². The van der Waals surface area contributed by atoms with Crippen LogP contribution in [0.3, 0.4) is 0 Å². The van der Waals surface area contributed by atoms with Gasteiger partial charge in [0, 0.05) is 25.2 Å². The van der Waals surface area contributed by atoms with Crippen LogP contribution in [-0.4, -0.2) is 109 Å². The number of allylic oxidation sites excluding steroid dienone is 2. The van der Waals surface area contributed by atoms with Gasteiger partial charge in [0.1, 0.15) is 19.8 Å². The van der Waals surface area contributed by atoms with E-state index in [1.54, 1.807) is 6.08 Å². The topological polar surface area (TPSA) is 169 Å². The van der Waals surface area contributed by atoms with Gasteiger partial charge in [-0.25, -0.2) is 4.57 Å². The molecule has 1 rings (SSSR count). The number of phosphoric ester groups is 1. The van der Waals surface area contributed by atoms with Crippen LogP contribution < -0.4 is 0 Å². The van der Waals surface area contributed by atoms with Crippen LogP contribution in [0.4, 0.5) is 0 Å². The van der Waals surface area contributed by atoms with Crippen LogP contribution in [0.15, 0.2) is 24.3 Å². The molecule has 0 heterocycles. The largest absolute Gasteiger partial charge is 0.472 e. The molecule has 0 aromatic carbocycles. The highest BCUT2D eigenvalue weighted by Crippen LogP contribution is 2.43. The first-order chi connectivity index (χ1) is 27.2. The molecule has 0 amide bonds. The molecule has 7 atom stereocenters. The molecule has 12 nitrogen and oxygen atoms in total. The summed E-state index contributed by atoms with van der Waals surface area (Å²) in [5, 5.41) is 31.4. The van der Waals surface area contributed by atoms with Crippen molar-refractivity contribution in [1.82, 2.24) is 0 Å². The van der Waals surface area contributed by atoms with Gasteiger partial charge in [-0.2, -0.15) is 0 Å². The lowest BCUT2D eigenvalue weighted by Crippen LogP contribution is -2.37. The number of hydrogen-bond donors (Lipinski definition) is 4. The quantitative estimate of drug-likeness (QED) is 0.0157. The number of ether oxygens (including phenoxy) is 2. The summed E-state index contributed by atoms with van der Waals surface area (Å²) in [5.41, 5.74) is 0. The lowest BCUT2D eigenvalue weighted by atomic mass is 9.89. The number of carbonyl (C=O) groups is 2. The predicted octanol–water partition coefficient (Wildman–Crippen LogP) is 8.73. The molecule has 1 fully saturated rings. The van der Waals surface area contributed by atoms with Crippen LogP contribution in [-0.2, 0) is 32.7 Å². The number of aliphatic hydroxyl groups is 3. The standard InChI is InChI=1S/C44H82NO11P/c1-6-8-10-11-12-13-14-15-16-17-18-19-24-28-43(49)53-35-38(36-55-57(51,52)54-33-32-45(3,4)5)56-44(50)29-25-21-20-23-27-39-40(42(48)34-41(39)47)31-30-37(46)26-22-9-7-2/h20,23,30-31,37-42,46-48H,6-19,21-22,24-29,32-36H2,1-5H3/p+1/b23-20-,31-30+/t37-,38+,39-,40+,41-,42+/m0/s1. The van der Waals surface area contributed by atoms with Crippen LogP contribution in [0.25, 0.3) is 0 Å². The Hall–Kier alpha value is -1.63. The highest BCUT2D eigenvalue weighted by Gasteiger charge is 2.39. The summed E-state index contributed by atoms with van der Waals surface area (Å²) in [4.78, 5) is 35.5. The first kappa shape index (κ1) is 53.4. The molecular formula is C44H83NO11P+. The first-order valence-corrected chi connectivity index (χ1v) is 23.8. The molecule has 0 aromatic heterocycles. The molecule has 0 radical (unpaired) electrons. The molecule has 1 aliphatic carbocycles. The lowest BCUT2D eigenvalue weighted by molar-refractivity contribution is -0.870. The van der Waals surface area contributed by atoms with Crippen molar-refractivity contribution in [3.8, 4) is 0 Å². The van der Waals surface area contributed by atoms with E-state index in [-0.39, 0.29) is 37.9 Å². The molecule has 0 saturated heterocycles. The Morgan fingerprint density at radius 2 is 1.33 bits per heavy atom. The maximum atomic E-state index is 12.8. The summed E-state index contributed by atoms with van der Waals surface area (Å²) < 4.78 is 34.2. The van der Waals surface area contributed by atoms with Crippen molar-refractivity contribution >= 4 is 19.8 Å². The lowest BCUT2D eigenvalue weighted by Gasteiger charge is -2.24. The second-order valence-electron chi connectivity index (χ2n) is 17.1. The molecule has 1 unspecified atom stereocenters. The van der Waals surface area contributed by atoms with E-state index in [1.807, 2.05) is 39.4 Å². The van der Waals surface area contributed by atoms with Gasteiger partial charge in [0.25, 0.3) is 0 Å². The van der Waals surface area contributed by atoms with Gasteiger partial charge >= 0.3 is 19.8 Å². The minimum Gasteiger partial charge on any atom is -0.462 e. The number of aliphatic hydroxyl groups excluding tert-OH is 3. The monoisotopic (exact) mass is 833 g/mol. The van der Waals surface area contributed by atoms with E-state index >= 15 is 0 Å².